The number of fused-ring (bicyclic) bond motifs is 1. The molecule has 3 nitrogen and oxygen atoms in total. The van der Waals surface area contributed by atoms with Crippen molar-refractivity contribution in [2.45, 2.75) is 10.8 Å². The fourth-order valence-electron chi connectivity index (χ4n) is 1.92. The Hall–Kier alpha value is -2.38. The monoisotopic (exact) mass is 277 g/mol. The van der Waals surface area contributed by atoms with Gasteiger partial charge < -0.3 is 0 Å². The van der Waals surface area contributed by atoms with Gasteiger partial charge in [0.25, 0.3) is 0 Å². The highest BCUT2D eigenvalue weighted by molar-refractivity contribution is 7.98. The number of para-hydroxylation sites is 1. The third-order valence-electron chi connectivity index (χ3n) is 2.96. The summed E-state index contributed by atoms with van der Waals surface area (Å²) in [6, 6.07) is 17.8. The first kappa shape index (κ1) is 12.6. The summed E-state index contributed by atoms with van der Waals surface area (Å²) in [4.78, 5) is 8.61. The SMILES string of the molecule is N#Cc1ccc(CSc2ncnc3ccccc23)cc1. The first-order valence-electron chi connectivity index (χ1n) is 6.18. The summed E-state index contributed by atoms with van der Waals surface area (Å²) in [6.45, 7) is 0. The van der Waals surface area contributed by atoms with Gasteiger partial charge in [0, 0.05) is 11.1 Å². The molecule has 0 unspecified atom stereocenters. The van der Waals surface area contributed by atoms with Crippen LogP contribution in [0.3, 0.4) is 0 Å². The molecule has 0 bridgehead atoms. The Balaban J connectivity index is 1.81. The minimum Gasteiger partial charge on any atom is -0.236 e. The molecule has 0 aliphatic rings. The number of nitriles is 1. The van der Waals surface area contributed by atoms with E-state index in [0.717, 1.165) is 21.7 Å². The predicted molar refractivity (Wildman–Crippen MR) is 80.3 cm³/mol. The van der Waals surface area contributed by atoms with Crippen LogP contribution in [0.15, 0.2) is 59.9 Å². The Morgan fingerprint density at radius 3 is 2.60 bits per heavy atom. The van der Waals surface area contributed by atoms with Gasteiger partial charge in [-0.15, -0.1) is 11.8 Å². The number of hydrogen-bond acceptors (Lipinski definition) is 4. The quantitative estimate of drug-likeness (QED) is 0.540. The average molecular weight is 277 g/mol. The lowest BCUT2D eigenvalue weighted by molar-refractivity contribution is 1.10. The van der Waals surface area contributed by atoms with Crippen molar-refractivity contribution >= 4 is 22.7 Å². The molecule has 0 amide bonds. The third-order valence-corrected chi connectivity index (χ3v) is 4.04. The zero-order valence-electron chi connectivity index (χ0n) is 10.7. The van der Waals surface area contributed by atoms with Crippen molar-refractivity contribution < 1.29 is 0 Å². The molecule has 0 saturated heterocycles. The van der Waals surface area contributed by atoms with Crippen LogP contribution in [-0.4, -0.2) is 9.97 Å². The smallest absolute Gasteiger partial charge is 0.117 e. The fourth-order valence-corrected chi connectivity index (χ4v) is 2.87. The molecule has 3 rings (SSSR count). The molecule has 0 aliphatic carbocycles. The van der Waals surface area contributed by atoms with Crippen molar-refractivity contribution in [3.63, 3.8) is 0 Å². The number of rotatable bonds is 3. The van der Waals surface area contributed by atoms with Gasteiger partial charge in [0.2, 0.25) is 0 Å². The van der Waals surface area contributed by atoms with Crippen LogP contribution in [-0.2, 0) is 5.75 Å². The number of aromatic nitrogens is 2. The molecule has 1 aromatic heterocycles. The van der Waals surface area contributed by atoms with E-state index in [1.807, 2.05) is 48.5 Å². The minimum absolute atomic E-state index is 0.686. The molecule has 1 heterocycles. The van der Waals surface area contributed by atoms with E-state index in [2.05, 4.69) is 16.0 Å². The molecule has 0 aliphatic heterocycles. The van der Waals surface area contributed by atoms with Gasteiger partial charge in [-0.25, -0.2) is 9.97 Å². The Labute approximate surface area is 121 Å². The highest BCUT2D eigenvalue weighted by Gasteiger charge is 2.04. The van der Waals surface area contributed by atoms with Crippen molar-refractivity contribution in [2.75, 3.05) is 0 Å². The van der Waals surface area contributed by atoms with Crippen LogP contribution in [0.1, 0.15) is 11.1 Å². The van der Waals surface area contributed by atoms with Crippen LogP contribution < -0.4 is 0 Å². The molecule has 3 aromatic rings. The second kappa shape index (κ2) is 5.72. The zero-order valence-corrected chi connectivity index (χ0v) is 11.5. The van der Waals surface area contributed by atoms with Gasteiger partial charge in [0.15, 0.2) is 0 Å². The zero-order chi connectivity index (χ0) is 13.8. The van der Waals surface area contributed by atoms with Gasteiger partial charge >= 0.3 is 0 Å². The second-order valence-electron chi connectivity index (χ2n) is 4.29. The first-order valence-corrected chi connectivity index (χ1v) is 7.17. The van der Waals surface area contributed by atoms with Crippen LogP contribution in [0, 0.1) is 11.3 Å². The molecular weight excluding hydrogens is 266 g/mol. The molecule has 2 aromatic carbocycles. The summed E-state index contributed by atoms with van der Waals surface area (Å²) in [5.74, 6) is 0.826. The van der Waals surface area contributed by atoms with Crippen molar-refractivity contribution in [3.8, 4) is 6.07 Å². The number of thioether (sulfide) groups is 1. The fraction of sp³-hybridized carbons (Fsp3) is 0.0625. The first-order chi connectivity index (χ1) is 9.86. The Kier molecular flexibility index (Phi) is 3.62. The van der Waals surface area contributed by atoms with E-state index < -0.39 is 0 Å². The highest BCUT2D eigenvalue weighted by atomic mass is 32.2. The van der Waals surface area contributed by atoms with E-state index in [1.165, 1.54) is 5.56 Å². The number of hydrogen-bond donors (Lipinski definition) is 0. The molecule has 0 radical (unpaired) electrons. The second-order valence-corrected chi connectivity index (χ2v) is 5.26. The Morgan fingerprint density at radius 1 is 1.00 bits per heavy atom. The van der Waals surface area contributed by atoms with Gasteiger partial charge in [-0.2, -0.15) is 5.26 Å². The summed E-state index contributed by atoms with van der Waals surface area (Å²) in [6.07, 6.45) is 1.60. The van der Waals surface area contributed by atoms with E-state index in [9.17, 15) is 0 Å². The lowest BCUT2D eigenvalue weighted by Gasteiger charge is -2.04. The molecule has 0 spiro atoms. The Morgan fingerprint density at radius 2 is 1.80 bits per heavy atom. The van der Waals surface area contributed by atoms with Crippen molar-refractivity contribution in [1.29, 1.82) is 5.26 Å². The molecule has 0 saturated carbocycles. The molecule has 20 heavy (non-hydrogen) atoms. The maximum absolute atomic E-state index is 8.78. The molecule has 96 valence electrons. The molecule has 4 heteroatoms. The van der Waals surface area contributed by atoms with Crippen molar-refractivity contribution in [2.24, 2.45) is 0 Å². The van der Waals surface area contributed by atoms with E-state index in [4.69, 9.17) is 5.26 Å². The van der Waals surface area contributed by atoms with E-state index in [0.29, 0.717) is 5.56 Å². The summed E-state index contributed by atoms with van der Waals surface area (Å²) >= 11 is 1.68. The van der Waals surface area contributed by atoms with Crippen molar-refractivity contribution in [1.82, 2.24) is 9.97 Å². The van der Waals surface area contributed by atoms with E-state index in [1.54, 1.807) is 18.1 Å². The highest BCUT2D eigenvalue weighted by Crippen LogP contribution is 2.27. The van der Waals surface area contributed by atoms with Crippen molar-refractivity contribution in [3.05, 3.63) is 66.0 Å². The van der Waals surface area contributed by atoms with Crippen LogP contribution >= 0.6 is 11.8 Å². The van der Waals surface area contributed by atoms with Gasteiger partial charge in [-0.05, 0) is 23.8 Å². The topological polar surface area (TPSA) is 49.6 Å². The minimum atomic E-state index is 0.686. The maximum Gasteiger partial charge on any atom is 0.117 e. The molecule has 0 fully saturated rings. The van der Waals surface area contributed by atoms with Crippen LogP contribution in [0.2, 0.25) is 0 Å². The molecule has 0 atom stereocenters. The standard InChI is InChI=1S/C16H11N3S/c17-9-12-5-7-13(8-6-12)10-20-16-14-3-1-2-4-15(14)18-11-19-16/h1-8,11H,10H2. The van der Waals surface area contributed by atoms with Gasteiger partial charge in [0.1, 0.15) is 11.4 Å². The summed E-state index contributed by atoms with van der Waals surface area (Å²) in [5, 5.41) is 10.8. The molecule has 0 N–H and O–H groups in total. The number of benzene rings is 2. The third kappa shape index (κ3) is 2.63. The normalized spacial score (nSPS) is 10.3. The lowest BCUT2D eigenvalue weighted by Crippen LogP contribution is -1.88. The summed E-state index contributed by atoms with van der Waals surface area (Å²) in [7, 11) is 0. The van der Waals surface area contributed by atoms with Crippen LogP contribution in [0.4, 0.5) is 0 Å². The Bertz CT molecular complexity index is 770. The van der Waals surface area contributed by atoms with Gasteiger partial charge in [0.05, 0.1) is 17.1 Å². The van der Waals surface area contributed by atoms with E-state index >= 15 is 0 Å². The molecular formula is C16H11N3S. The largest absolute Gasteiger partial charge is 0.236 e. The van der Waals surface area contributed by atoms with Crippen LogP contribution in [0.5, 0.6) is 0 Å². The van der Waals surface area contributed by atoms with Gasteiger partial charge in [-0.1, -0.05) is 30.3 Å². The average Bonchev–Trinajstić information content (AvgIpc) is 2.53. The number of nitrogens with zero attached hydrogens (tertiary/aromatic N) is 3. The summed E-state index contributed by atoms with van der Waals surface area (Å²) in [5.41, 5.74) is 2.83. The maximum atomic E-state index is 8.78. The lowest BCUT2D eigenvalue weighted by atomic mass is 10.2. The predicted octanol–water partition coefficient (Wildman–Crippen LogP) is 3.79. The van der Waals surface area contributed by atoms with Gasteiger partial charge in [-0.3, -0.25) is 0 Å². The summed E-state index contributed by atoms with van der Waals surface area (Å²) < 4.78 is 0. The van der Waals surface area contributed by atoms with Crippen LogP contribution in [0.25, 0.3) is 10.9 Å². The van der Waals surface area contributed by atoms with E-state index in [-0.39, 0.29) is 0 Å².